The van der Waals surface area contributed by atoms with Gasteiger partial charge < -0.3 is 18.9 Å². The molecule has 0 radical (unpaired) electrons. The number of ether oxygens (including phenoxy) is 4. The van der Waals surface area contributed by atoms with Crippen LogP contribution in [0.5, 0.6) is 23.0 Å². The largest absolute Gasteiger partial charge is 0.497 e. The molecular formula is C18H17ClO5. The molecule has 2 aromatic rings. The topological polar surface area (TPSA) is 54.0 Å². The standard InChI is InChI=1S/C18H17ClO5/c1-21-11-6-4-10(5-7-11)13-8-12(20)16-14(22-2)9-15(23-3)17(19)18(16)24-13/h4-7,9,13H,8H2,1-3H3/t13-/m1/s1. The minimum absolute atomic E-state index is 0.0847. The molecule has 0 fully saturated rings. The lowest BCUT2D eigenvalue weighted by molar-refractivity contribution is 0.0844. The van der Waals surface area contributed by atoms with Crippen molar-refractivity contribution in [2.24, 2.45) is 0 Å². The molecule has 0 spiro atoms. The summed E-state index contributed by atoms with van der Waals surface area (Å²) in [6.45, 7) is 0. The van der Waals surface area contributed by atoms with Crippen molar-refractivity contribution in [2.75, 3.05) is 21.3 Å². The molecule has 0 saturated carbocycles. The summed E-state index contributed by atoms with van der Waals surface area (Å²) in [6.07, 6.45) is -0.219. The Morgan fingerprint density at radius 3 is 2.29 bits per heavy atom. The average molecular weight is 349 g/mol. The van der Waals surface area contributed by atoms with Gasteiger partial charge in [-0.2, -0.15) is 0 Å². The predicted molar refractivity (Wildman–Crippen MR) is 89.9 cm³/mol. The van der Waals surface area contributed by atoms with Crippen LogP contribution in [0.15, 0.2) is 30.3 Å². The lowest BCUT2D eigenvalue weighted by Crippen LogP contribution is -2.21. The van der Waals surface area contributed by atoms with Gasteiger partial charge in [0.15, 0.2) is 11.5 Å². The quantitative estimate of drug-likeness (QED) is 0.833. The Labute approximate surface area is 145 Å². The SMILES string of the molecule is COc1ccc([C@H]2CC(=O)c3c(OC)cc(OC)c(Cl)c3O2)cc1. The van der Waals surface area contributed by atoms with Crippen molar-refractivity contribution in [3.8, 4) is 23.0 Å². The number of carbonyl (C=O) groups is 1. The number of rotatable bonds is 4. The van der Waals surface area contributed by atoms with Crippen LogP contribution >= 0.6 is 11.6 Å². The van der Waals surface area contributed by atoms with Crippen LogP contribution in [0.1, 0.15) is 28.4 Å². The average Bonchev–Trinajstić information content (AvgIpc) is 2.62. The van der Waals surface area contributed by atoms with Crippen molar-refractivity contribution in [3.05, 3.63) is 46.5 Å². The fraction of sp³-hybridized carbons (Fsp3) is 0.278. The van der Waals surface area contributed by atoms with Gasteiger partial charge in [-0.25, -0.2) is 0 Å². The first kappa shape index (κ1) is 16.5. The molecular weight excluding hydrogens is 332 g/mol. The van der Waals surface area contributed by atoms with Gasteiger partial charge in [0.05, 0.1) is 27.8 Å². The third-order valence-electron chi connectivity index (χ3n) is 3.99. The van der Waals surface area contributed by atoms with Crippen molar-refractivity contribution < 1.29 is 23.7 Å². The van der Waals surface area contributed by atoms with Gasteiger partial charge in [0.2, 0.25) is 0 Å². The molecule has 1 atom stereocenters. The van der Waals surface area contributed by atoms with E-state index in [1.807, 2.05) is 24.3 Å². The number of Topliss-reactive ketones (excluding diaryl/α,β-unsaturated/α-hetero) is 1. The van der Waals surface area contributed by atoms with Crippen LogP contribution in [0, 0.1) is 0 Å². The van der Waals surface area contributed by atoms with E-state index in [1.54, 1.807) is 13.2 Å². The van der Waals surface area contributed by atoms with Crippen LogP contribution in [0.3, 0.4) is 0 Å². The highest BCUT2D eigenvalue weighted by Gasteiger charge is 2.34. The van der Waals surface area contributed by atoms with Gasteiger partial charge >= 0.3 is 0 Å². The second-order valence-electron chi connectivity index (χ2n) is 5.31. The fourth-order valence-corrected chi connectivity index (χ4v) is 3.00. The molecule has 1 heterocycles. The maximum Gasteiger partial charge on any atom is 0.174 e. The molecule has 6 heteroatoms. The first-order chi connectivity index (χ1) is 11.6. The van der Waals surface area contributed by atoms with E-state index in [0.29, 0.717) is 22.8 Å². The summed E-state index contributed by atoms with van der Waals surface area (Å²) < 4.78 is 21.7. The zero-order chi connectivity index (χ0) is 17.3. The monoisotopic (exact) mass is 348 g/mol. The molecule has 3 rings (SSSR count). The molecule has 0 N–H and O–H groups in total. The fourth-order valence-electron chi connectivity index (χ4n) is 2.73. The van der Waals surface area contributed by atoms with Crippen molar-refractivity contribution in [1.82, 2.24) is 0 Å². The number of hydrogen-bond acceptors (Lipinski definition) is 5. The van der Waals surface area contributed by atoms with Crippen LogP contribution < -0.4 is 18.9 Å². The summed E-state index contributed by atoms with van der Waals surface area (Å²) in [4.78, 5) is 12.6. The van der Waals surface area contributed by atoms with E-state index in [0.717, 1.165) is 11.3 Å². The molecule has 0 unspecified atom stereocenters. The van der Waals surface area contributed by atoms with Gasteiger partial charge in [0.1, 0.15) is 33.9 Å². The summed E-state index contributed by atoms with van der Waals surface area (Å²) >= 11 is 6.34. The lowest BCUT2D eigenvalue weighted by atomic mass is 9.95. The number of fused-ring (bicyclic) bond motifs is 1. The second-order valence-corrected chi connectivity index (χ2v) is 5.68. The third-order valence-corrected chi connectivity index (χ3v) is 4.35. The smallest absolute Gasteiger partial charge is 0.174 e. The van der Waals surface area contributed by atoms with Gasteiger partial charge in [0.25, 0.3) is 0 Å². The van der Waals surface area contributed by atoms with Crippen LogP contribution in [-0.4, -0.2) is 27.1 Å². The van der Waals surface area contributed by atoms with E-state index < -0.39 is 6.10 Å². The van der Waals surface area contributed by atoms with Gasteiger partial charge in [-0.15, -0.1) is 0 Å². The first-order valence-electron chi connectivity index (χ1n) is 7.37. The zero-order valence-electron chi connectivity index (χ0n) is 13.6. The second kappa shape index (κ2) is 6.61. The van der Waals surface area contributed by atoms with Crippen LogP contribution in [-0.2, 0) is 0 Å². The molecule has 2 aromatic carbocycles. The highest BCUT2D eigenvalue weighted by molar-refractivity contribution is 6.34. The molecule has 24 heavy (non-hydrogen) atoms. The summed E-state index contributed by atoms with van der Waals surface area (Å²) in [5.41, 5.74) is 1.22. The summed E-state index contributed by atoms with van der Waals surface area (Å²) in [5.74, 6) is 1.74. The minimum Gasteiger partial charge on any atom is -0.497 e. The van der Waals surface area contributed by atoms with Crippen molar-refractivity contribution in [3.63, 3.8) is 0 Å². The number of methoxy groups -OCH3 is 3. The summed E-state index contributed by atoms with van der Waals surface area (Å²) in [7, 11) is 4.59. The van der Waals surface area contributed by atoms with Crippen molar-refractivity contribution in [2.45, 2.75) is 12.5 Å². The number of halogens is 1. The predicted octanol–water partition coefficient (Wildman–Crippen LogP) is 4.07. The van der Waals surface area contributed by atoms with E-state index in [1.165, 1.54) is 14.2 Å². The van der Waals surface area contributed by atoms with E-state index >= 15 is 0 Å². The van der Waals surface area contributed by atoms with Crippen LogP contribution in [0.4, 0.5) is 0 Å². The highest BCUT2D eigenvalue weighted by atomic mass is 35.5. The number of hydrogen-bond donors (Lipinski definition) is 0. The Morgan fingerprint density at radius 1 is 1.04 bits per heavy atom. The van der Waals surface area contributed by atoms with Gasteiger partial charge in [-0.1, -0.05) is 23.7 Å². The maximum atomic E-state index is 12.6. The van der Waals surface area contributed by atoms with Crippen molar-refractivity contribution >= 4 is 17.4 Å². The lowest BCUT2D eigenvalue weighted by Gasteiger charge is -2.28. The molecule has 126 valence electrons. The Hall–Kier alpha value is -2.40. The van der Waals surface area contributed by atoms with Crippen LogP contribution in [0.2, 0.25) is 5.02 Å². The Morgan fingerprint density at radius 2 is 1.71 bits per heavy atom. The molecule has 0 amide bonds. The number of ketones is 1. The normalized spacial score (nSPS) is 16.2. The van der Waals surface area contributed by atoms with E-state index in [9.17, 15) is 4.79 Å². The Kier molecular flexibility index (Phi) is 4.53. The van der Waals surface area contributed by atoms with Gasteiger partial charge in [0, 0.05) is 6.07 Å². The van der Waals surface area contributed by atoms with Crippen molar-refractivity contribution in [1.29, 1.82) is 0 Å². The number of benzene rings is 2. The van der Waals surface area contributed by atoms with Crippen LogP contribution in [0.25, 0.3) is 0 Å². The minimum atomic E-state index is -0.426. The highest BCUT2D eigenvalue weighted by Crippen LogP contribution is 2.48. The maximum absolute atomic E-state index is 12.6. The summed E-state index contributed by atoms with van der Waals surface area (Å²) in [5, 5.41) is 0.264. The Balaban J connectivity index is 2.03. The van der Waals surface area contributed by atoms with Gasteiger partial charge in [-0.05, 0) is 17.7 Å². The third kappa shape index (κ3) is 2.76. The Bertz CT molecular complexity index is 770. The molecule has 0 aromatic heterocycles. The van der Waals surface area contributed by atoms with E-state index in [2.05, 4.69) is 0 Å². The molecule has 1 aliphatic rings. The molecule has 1 aliphatic heterocycles. The zero-order valence-corrected chi connectivity index (χ0v) is 14.3. The molecule has 0 saturated heterocycles. The molecule has 5 nitrogen and oxygen atoms in total. The van der Waals surface area contributed by atoms with E-state index in [4.69, 9.17) is 30.5 Å². The first-order valence-corrected chi connectivity index (χ1v) is 7.75. The number of carbonyl (C=O) groups excluding carboxylic acids is 1. The molecule has 0 aliphatic carbocycles. The summed E-state index contributed by atoms with van der Waals surface area (Å²) in [6, 6.07) is 8.98. The van der Waals surface area contributed by atoms with E-state index in [-0.39, 0.29) is 17.2 Å². The van der Waals surface area contributed by atoms with Gasteiger partial charge in [-0.3, -0.25) is 4.79 Å². The molecule has 0 bridgehead atoms.